The summed E-state index contributed by atoms with van der Waals surface area (Å²) in [7, 11) is 0. The molecule has 0 aromatic heterocycles. The molecule has 10 heavy (non-hydrogen) atoms. The monoisotopic (exact) mass is 222 g/mol. The SMILES string of the molecule is O=C(O)CCCC(=O)O.[SrH2]. The molecule has 0 unspecified atom stereocenters. The first-order chi connectivity index (χ1) is 4.13. The molecule has 0 fully saturated rings. The van der Waals surface area contributed by atoms with Gasteiger partial charge in [0.05, 0.1) is 0 Å². The summed E-state index contributed by atoms with van der Waals surface area (Å²) in [6, 6.07) is 0. The van der Waals surface area contributed by atoms with Crippen molar-refractivity contribution in [1.82, 2.24) is 0 Å². The third kappa shape index (κ3) is 11.2. The van der Waals surface area contributed by atoms with Gasteiger partial charge in [0.15, 0.2) is 0 Å². The Bertz CT molecular complexity index is 109. The number of aliphatic carboxylic acids is 2. The number of carbonyl (C=O) groups is 2. The Kier molecular flexibility index (Phi) is 9.82. The van der Waals surface area contributed by atoms with E-state index in [-0.39, 0.29) is 64.7 Å². The molecule has 0 saturated carbocycles. The molecule has 0 bridgehead atoms. The molecule has 0 radical (unpaired) electrons. The van der Waals surface area contributed by atoms with Crippen LogP contribution in [0.5, 0.6) is 0 Å². The summed E-state index contributed by atoms with van der Waals surface area (Å²) in [5.74, 6) is -1.90. The van der Waals surface area contributed by atoms with Crippen LogP contribution in [-0.2, 0) is 9.59 Å². The Morgan fingerprint density at radius 2 is 1.30 bits per heavy atom. The topological polar surface area (TPSA) is 74.6 Å². The maximum atomic E-state index is 9.79. The van der Waals surface area contributed by atoms with E-state index in [1.807, 2.05) is 0 Å². The molecule has 0 saturated heterocycles. The van der Waals surface area contributed by atoms with Gasteiger partial charge < -0.3 is 10.2 Å². The summed E-state index contributed by atoms with van der Waals surface area (Å²) >= 11 is 0. The van der Waals surface area contributed by atoms with E-state index in [1.54, 1.807) is 0 Å². The number of rotatable bonds is 4. The first-order valence-corrected chi connectivity index (χ1v) is 2.56. The number of carboxylic acid groups (broad SMARTS) is 2. The van der Waals surface area contributed by atoms with Crippen molar-refractivity contribution in [2.75, 3.05) is 0 Å². The van der Waals surface area contributed by atoms with Gasteiger partial charge in [-0.3, -0.25) is 9.59 Å². The van der Waals surface area contributed by atoms with E-state index < -0.39 is 11.9 Å². The van der Waals surface area contributed by atoms with Crippen molar-refractivity contribution >= 4 is 57.4 Å². The van der Waals surface area contributed by atoms with Gasteiger partial charge in [-0.25, -0.2) is 0 Å². The predicted molar refractivity (Wildman–Crippen MR) is 37.7 cm³/mol. The Hall–Kier alpha value is 0.421. The van der Waals surface area contributed by atoms with E-state index in [0.717, 1.165) is 0 Å². The fourth-order valence-electron chi connectivity index (χ4n) is 0.391. The van der Waals surface area contributed by atoms with Gasteiger partial charge in [0.1, 0.15) is 0 Å². The van der Waals surface area contributed by atoms with Crippen molar-refractivity contribution in [2.24, 2.45) is 0 Å². The Labute approximate surface area is 95.5 Å². The summed E-state index contributed by atoms with van der Waals surface area (Å²) in [6.45, 7) is 0. The van der Waals surface area contributed by atoms with Gasteiger partial charge in [-0.1, -0.05) is 0 Å². The van der Waals surface area contributed by atoms with E-state index in [0.29, 0.717) is 0 Å². The molecule has 0 aliphatic carbocycles. The van der Waals surface area contributed by atoms with Gasteiger partial charge in [0, 0.05) is 12.8 Å². The average Bonchev–Trinajstić information content (AvgIpc) is 1.63. The van der Waals surface area contributed by atoms with Gasteiger partial charge in [0.2, 0.25) is 0 Å². The maximum absolute atomic E-state index is 9.79. The summed E-state index contributed by atoms with van der Waals surface area (Å²) < 4.78 is 0. The predicted octanol–water partition coefficient (Wildman–Crippen LogP) is -0.590. The standard InChI is InChI=1S/C5H8O4.Sr.2H/c6-4(7)2-1-3-5(8)9;;;/h1-3H2,(H,6,7)(H,8,9);;;. The zero-order chi connectivity index (χ0) is 7.28. The zero-order valence-electron chi connectivity index (χ0n) is 4.83. The van der Waals surface area contributed by atoms with E-state index in [9.17, 15) is 9.59 Å². The Balaban J connectivity index is 0. The van der Waals surface area contributed by atoms with Crippen LogP contribution in [0.15, 0.2) is 0 Å². The summed E-state index contributed by atoms with van der Waals surface area (Å²) in [6.07, 6.45) is 0.0866. The molecule has 0 rings (SSSR count). The van der Waals surface area contributed by atoms with Gasteiger partial charge in [-0.15, -0.1) is 0 Å². The molecule has 0 aliphatic heterocycles. The second-order valence-electron chi connectivity index (χ2n) is 1.64. The second kappa shape index (κ2) is 7.53. The molecular formula is C5H10O4Sr. The van der Waals surface area contributed by atoms with E-state index in [2.05, 4.69) is 0 Å². The Morgan fingerprint density at radius 1 is 1.00 bits per heavy atom. The van der Waals surface area contributed by atoms with Gasteiger partial charge in [0.25, 0.3) is 0 Å². The molecule has 5 heteroatoms. The summed E-state index contributed by atoms with van der Waals surface area (Å²) in [5.41, 5.74) is 0. The van der Waals surface area contributed by atoms with E-state index in [4.69, 9.17) is 10.2 Å². The third-order valence-corrected chi connectivity index (χ3v) is 0.781. The number of hydrogen-bond acceptors (Lipinski definition) is 2. The minimum absolute atomic E-state index is 0. The van der Waals surface area contributed by atoms with Gasteiger partial charge >= 0.3 is 57.4 Å². The van der Waals surface area contributed by atoms with Crippen molar-refractivity contribution in [3.05, 3.63) is 0 Å². The van der Waals surface area contributed by atoms with Crippen LogP contribution in [0.25, 0.3) is 0 Å². The van der Waals surface area contributed by atoms with Crippen LogP contribution in [0, 0.1) is 0 Å². The van der Waals surface area contributed by atoms with Gasteiger partial charge in [-0.05, 0) is 6.42 Å². The van der Waals surface area contributed by atoms with Crippen LogP contribution in [-0.4, -0.2) is 67.6 Å². The zero-order valence-corrected chi connectivity index (χ0v) is 4.83. The second-order valence-corrected chi connectivity index (χ2v) is 1.64. The summed E-state index contributed by atoms with van der Waals surface area (Å²) in [4.78, 5) is 19.6. The van der Waals surface area contributed by atoms with Crippen LogP contribution >= 0.6 is 0 Å². The van der Waals surface area contributed by atoms with Crippen LogP contribution in [0.2, 0.25) is 0 Å². The van der Waals surface area contributed by atoms with Crippen LogP contribution < -0.4 is 0 Å². The fourth-order valence-corrected chi connectivity index (χ4v) is 0.391. The molecule has 0 aromatic carbocycles. The fraction of sp³-hybridized carbons (Fsp3) is 0.600. The third-order valence-electron chi connectivity index (χ3n) is 0.781. The van der Waals surface area contributed by atoms with E-state index >= 15 is 0 Å². The number of carboxylic acids is 2. The van der Waals surface area contributed by atoms with Crippen molar-refractivity contribution < 1.29 is 19.8 Å². The van der Waals surface area contributed by atoms with Crippen molar-refractivity contribution in [3.8, 4) is 0 Å². The first kappa shape index (κ1) is 13.0. The van der Waals surface area contributed by atoms with Crippen molar-refractivity contribution in [3.63, 3.8) is 0 Å². The van der Waals surface area contributed by atoms with Crippen molar-refractivity contribution in [1.29, 1.82) is 0 Å². The molecule has 0 amide bonds. The molecule has 0 atom stereocenters. The molecular weight excluding hydrogens is 212 g/mol. The normalized spacial score (nSPS) is 8.00. The average molecular weight is 222 g/mol. The first-order valence-electron chi connectivity index (χ1n) is 2.56. The van der Waals surface area contributed by atoms with Gasteiger partial charge in [-0.2, -0.15) is 0 Å². The molecule has 0 spiro atoms. The molecule has 4 nitrogen and oxygen atoms in total. The Morgan fingerprint density at radius 3 is 1.50 bits per heavy atom. The molecule has 0 heterocycles. The van der Waals surface area contributed by atoms with E-state index in [1.165, 1.54) is 0 Å². The number of hydrogen-bond donors (Lipinski definition) is 2. The molecule has 0 aliphatic rings. The minimum atomic E-state index is -0.948. The molecule has 2 N–H and O–H groups in total. The molecule has 0 aromatic rings. The quantitative estimate of drug-likeness (QED) is 0.623. The van der Waals surface area contributed by atoms with Crippen LogP contribution in [0.1, 0.15) is 19.3 Å². The van der Waals surface area contributed by atoms with Crippen LogP contribution in [0.3, 0.4) is 0 Å². The molecule has 56 valence electrons. The van der Waals surface area contributed by atoms with Crippen LogP contribution in [0.4, 0.5) is 0 Å². The summed E-state index contributed by atoms with van der Waals surface area (Å²) in [5, 5.41) is 16.1. The van der Waals surface area contributed by atoms with Crippen molar-refractivity contribution in [2.45, 2.75) is 19.3 Å².